The molecule has 5 nitrogen and oxygen atoms in total. The Balaban J connectivity index is 1.36. The van der Waals surface area contributed by atoms with E-state index in [0.717, 1.165) is 43.4 Å². The van der Waals surface area contributed by atoms with Crippen molar-refractivity contribution in [1.82, 2.24) is 19.8 Å². The van der Waals surface area contributed by atoms with Crippen LogP contribution in [0.15, 0.2) is 29.1 Å². The van der Waals surface area contributed by atoms with Gasteiger partial charge in [0.05, 0.1) is 17.4 Å². The number of rotatable bonds is 4. The first-order chi connectivity index (χ1) is 12.8. The number of hydrogen-bond donors (Lipinski definition) is 1. The average molecular weight is 354 g/mol. The maximum atomic E-state index is 12.3. The van der Waals surface area contributed by atoms with E-state index < -0.39 is 0 Å². The van der Waals surface area contributed by atoms with Crippen LogP contribution < -0.4 is 5.56 Å². The Labute approximate surface area is 155 Å². The van der Waals surface area contributed by atoms with E-state index in [-0.39, 0.29) is 5.56 Å². The molecule has 2 fully saturated rings. The van der Waals surface area contributed by atoms with Gasteiger partial charge in [-0.25, -0.2) is 4.98 Å². The van der Waals surface area contributed by atoms with E-state index in [1.165, 1.54) is 51.6 Å². The van der Waals surface area contributed by atoms with Gasteiger partial charge in [0.25, 0.3) is 5.56 Å². The molecule has 26 heavy (non-hydrogen) atoms. The van der Waals surface area contributed by atoms with Gasteiger partial charge in [0.1, 0.15) is 5.82 Å². The van der Waals surface area contributed by atoms with E-state index in [0.29, 0.717) is 5.39 Å². The van der Waals surface area contributed by atoms with Crippen molar-refractivity contribution in [2.45, 2.75) is 45.1 Å². The van der Waals surface area contributed by atoms with Crippen LogP contribution in [0.5, 0.6) is 0 Å². The van der Waals surface area contributed by atoms with Gasteiger partial charge >= 0.3 is 0 Å². The topological polar surface area (TPSA) is 52.2 Å². The van der Waals surface area contributed by atoms with Gasteiger partial charge in [-0.05, 0) is 50.4 Å². The lowest BCUT2D eigenvalue weighted by molar-refractivity contribution is 0.199. The Hall–Kier alpha value is -1.72. The molecule has 1 aromatic heterocycles. The lowest BCUT2D eigenvalue weighted by Gasteiger charge is -2.28. The molecule has 5 heteroatoms. The summed E-state index contributed by atoms with van der Waals surface area (Å²) < 4.78 is 0. The van der Waals surface area contributed by atoms with E-state index in [9.17, 15) is 4.79 Å². The molecule has 0 amide bonds. The largest absolute Gasteiger partial charge is 0.309 e. The van der Waals surface area contributed by atoms with Gasteiger partial charge in [-0.3, -0.25) is 9.69 Å². The van der Waals surface area contributed by atoms with Gasteiger partial charge in [0.2, 0.25) is 0 Å². The summed E-state index contributed by atoms with van der Waals surface area (Å²) in [6, 6.07) is 7.57. The van der Waals surface area contributed by atoms with Crippen LogP contribution in [0.1, 0.15) is 44.3 Å². The van der Waals surface area contributed by atoms with Crippen LogP contribution >= 0.6 is 0 Å². The summed E-state index contributed by atoms with van der Waals surface area (Å²) in [6.07, 6.45) is 8.31. The molecule has 2 aliphatic rings. The molecule has 0 radical (unpaired) electrons. The molecule has 0 unspecified atom stereocenters. The van der Waals surface area contributed by atoms with Gasteiger partial charge in [-0.1, -0.05) is 31.4 Å². The zero-order chi connectivity index (χ0) is 17.8. The number of aromatic nitrogens is 2. The molecule has 0 spiro atoms. The van der Waals surface area contributed by atoms with E-state index in [4.69, 9.17) is 0 Å². The average Bonchev–Trinajstić information content (AvgIpc) is 2.88. The van der Waals surface area contributed by atoms with Crippen molar-refractivity contribution in [2.75, 3.05) is 32.7 Å². The highest BCUT2D eigenvalue weighted by atomic mass is 16.1. The maximum Gasteiger partial charge on any atom is 0.258 e. The minimum atomic E-state index is -0.0284. The Bertz CT molecular complexity index is 781. The Morgan fingerprint density at radius 2 is 1.73 bits per heavy atom. The van der Waals surface area contributed by atoms with Crippen LogP contribution in [0.2, 0.25) is 0 Å². The summed E-state index contributed by atoms with van der Waals surface area (Å²) in [7, 11) is 0. The standard InChI is InChI=1S/C21H30N4O/c26-21-18-9-4-5-10-19(18)22-20(23-21)16-25-12-6-11-24(13-14-25)15-17-7-2-1-3-8-17/h4-5,9-10,17H,1-3,6-8,11-16H2,(H,22,23,26). The van der Waals surface area contributed by atoms with Crippen molar-refractivity contribution in [2.24, 2.45) is 5.92 Å². The lowest BCUT2D eigenvalue weighted by Crippen LogP contribution is -2.34. The Morgan fingerprint density at radius 1 is 0.962 bits per heavy atom. The van der Waals surface area contributed by atoms with E-state index in [1.807, 2.05) is 24.3 Å². The maximum absolute atomic E-state index is 12.3. The first-order valence-electron chi connectivity index (χ1n) is 10.2. The molecule has 2 aromatic rings. The molecule has 1 aliphatic carbocycles. The van der Waals surface area contributed by atoms with Crippen LogP contribution in [0, 0.1) is 5.92 Å². The Morgan fingerprint density at radius 3 is 2.62 bits per heavy atom. The summed E-state index contributed by atoms with van der Waals surface area (Å²) in [5, 5.41) is 0.672. The highest BCUT2D eigenvalue weighted by molar-refractivity contribution is 5.77. The molecule has 1 aliphatic heterocycles. The lowest BCUT2D eigenvalue weighted by atomic mass is 9.89. The van der Waals surface area contributed by atoms with Crippen LogP contribution in [0.3, 0.4) is 0 Å². The number of H-pyrrole nitrogens is 1. The summed E-state index contributed by atoms with van der Waals surface area (Å²) in [5.41, 5.74) is 0.763. The van der Waals surface area contributed by atoms with Gasteiger partial charge in [0, 0.05) is 19.6 Å². The van der Waals surface area contributed by atoms with Gasteiger partial charge in [-0.15, -0.1) is 0 Å². The summed E-state index contributed by atoms with van der Waals surface area (Å²) in [5.74, 6) is 1.70. The summed E-state index contributed by atoms with van der Waals surface area (Å²) in [6.45, 7) is 6.49. The van der Waals surface area contributed by atoms with Crippen molar-refractivity contribution in [3.63, 3.8) is 0 Å². The molecule has 0 atom stereocenters. The van der Waals surface area contributed by atoms with Gasteiger partial charge in [0.15, 0.2) is 0 Å². The molecule has 1 aromatic carbocycles. The van der Waals surface area contributed by atoms with E-state index in [2.05, 4.69) is 19.8 Å². The number of hydrogen-bond acceptors (Lipinski definition) is 4. The predicted molar refractivity (Wildman–Crippen MR) is 105 cm³/mol. The molecule has 4 rings (SSSR count). The van der Waals surface area contributed by atoms with Crippen molar-refractivity contribution in [1.29, 1.82) is 0 Å². The van der Waals surface area contributed by atoms with Gasteiger partial charge in [-0.2, -0.15) is 0 Å². The van der Waals surface area contributed by atoms with E-state index in [1.54, 1.807) is 0 Å². The first-order valence-corrected chi connectivity index (χ1v) is 10.2. The molecule has 0 bridgehead atoms. The van der Waals surface area contributed by atoms with Crippen molar-refractivity contribution < 1.29 is 0 Å². The SMILES string of the molecule is O=c1[nH]c(CN2CCCN(CC3CCCCC3)CC2)nc2ccccc12. The van der Waals surface area contributed by atoms with Crippen molar-refractivity contribution in [3.8, 4) is 0 Å². The summed E-state index contributed by atoms with van der Waals surface area (Å²) in [4.78, 5) is 25.0. The fourth-order valence-electron chi connectivity index (χ4n) is 4.52. The van der Waals surface area contributed by atoms with Crippen LogP contribution in [-0.2, 0) is 6.54 Å². The fraction of sp³-hybridized carbons (Fsp3) is 0.619. The summed E-state index contributed by atoms with van der Waals surface area (Å²) >= 11 is 0. The van der Waals surface area contributed by atoms with Crippen LogP contribution in [-0.4, -0.2) is 52.5 Å². The zero-order valence-corrected chi connectivity index (χ0v) is 15.6. The van der Waals surface area contributed by atoms with Crippen molar-refractivity contribution in [3.05, 3.63) is 40.4 Å². The second-order valence-electron chi connectivity index (χ2n) is 7.96. The number of aromatic amines is 1. The highest BCUT2D eigenvalue weighted by Gasteiger charge is 2.20. The fourth-order valence-corrected chi connectivity index (χ4v) is 4.52. The smallest absolute Gasteiger partial charge is 0.258 e. The van der Waals surface area contributed by atoms with Crippen LogP contribution in [0.4, 0.5) is 0 Å². The minimum absolute atomic E-state index is 0.0284. The molecule has 1 saturated heterocycles. The molecule has 2 heterocycles. The second kappa shape index (κ2) is 8.31. The molecular weight excluding hydrogens is 324 g/mol. The van der Waals surface area contributed by atoms with Crippen molar-refractivity contribution >= 4 is 10.9 Å². The Kier molecular flexibility index (Phi) is 5.65. The molecule has 140 valence electrons. The quantitative estimate of drug-likeness (QED) is 0.917. The third kappa shape index (κ3) is 4.33. The molecular formula is C21H30N4O. The predicted octanol–water partition coefficient (Wildman–Crippen LogP) is 3.01. The molecule has 1 N–H and O–H groups in total. The number of para-hydroxylation sites is 1. The third-order valence-corrected chi connectivity index (χ3v) is 5.96. The van der Waals surface area contributed by atoms with Gasteiger partial charge < -0.3 is 9.88 Å². The minimum Gasteiger partial charge on any atom is -0.309 e. The second-order valence-corrected chi connectivity index (χ2v) is 7.96. The number of fused-ring (bicyclic) bond motifs is 1. The van der Waals surface area contributed by atoms with E-state index >= 15 is 0 Å². The zero-order valence-electron chi connectivity index (χ0n) is 15.6. The normalized spacial score (nSPS) is 21.1. The highest BCUT2D eigenvalue weighted by Crippen LogP contribution is 2.24. The number of benzene rings is 1. The first kappa shape index (κ1) is 17.7. The monoisotopic (exact) mass is 354 g/mol. The van der Waals surface area contributed by atoms with Crippen LogP contribution in [0.25, 0.3) is 10.9 Å². The number of nitrogens with one attached hydrogen (secondary N) is 1. The number of nitrogens with zero attached hydrogens (tertiary/aromatic N) is 3. The third-order valence-electron chi connectivity index (χ3n) is 5.96. The molecule has 1 saturated carbocycles.